The van der Waals surface area contributed by atoms with E-state index in [0.717, 1.165) is 40.9 Å². The van der Waals surface area contributed by atoms with Gasteiger partial charge in [-0.2, -0.15) is 0 Å². The number of hydrogen-bond acceptors (Lipinski definition) is 3. The maximum atomic E-state index is 13.0. The molecule has 0 fully saturated rings. The van der Waals surface area contributed by atoms with Crippen LogP contribution in [-0.2, 0) is 28.9 Å². The molecule has 0 saturated heterocycles. The zero-order valence-corrected chi connectivity index (χ0v) is 18.5. The molecular weight excluding hydrogens is 412 g/mol. The van der Waals surface area contributed by atoms with Crippen molar-refractivity contribution in [3.8, 4) is 0 Å². The zero-order chi connectivity index (χ0) is 23.2. The number of benzene rings is 3. The van der Waals surface area contributed by atoms with Gasteiger partial charge in [0, 0.05) is 29.9 Å². The fraction of sp³-hybridized carbons (Fsp3) is 0.222. The van der Waals surface area contributed by atoms with Gasteiger partial charge in [0.05, 0.1) is 6.42 Å². The smallest absolute Gasteiger partial charge is 0.228 e. The minimum Gasteiger partial charge on any atom is -0.384 e. The first-order valence-electron chi connectivity index (χ1n) is 11.2. The van der Waals surface area contributed by atoms with E-state index in [0.29, 0.717) is 31.4 Å². The molecule has 1 aliphatic heterocycles. The summed E-state index contributed by atoms with van der Waals surface area (Å²) in [4.78, 5) is 27.2. The molecule has 33 heavy (non-hydrogen) atoms. The summed E-state index contributed by atoms with van der Waals surface area (Å²) in [5, 5.41) is 10.5. The lowest BCUT2D eigenvalue weighted by Crippen LogP contribution is -2.35. The lowest BCUT2D eigenvalue weighted by Gasteiger charge is -2.30. The minimum atomic E-state index is -0.0549. The second-order valence-electron chi connectivity index (χ2n) is 8.31. The van der Waals surface area contributed by atoms with Gasteiger partial charge in [-0.25, -0.2) is 0 Å². The summed E-state index contributed by atoms with van der Waals surface area (Å²) in [6, 6.07) is 22.9. The molecule has 0 radical (unpaired) electrons. The van der Waals surface area contributed by atoms with E-state index in [1.807, 2.05) is 77.7 Å². The number of carbonyl (C=O) groups is 2. The second-order valence-corrected chi connectivity index (χ2v) is 8.31. The topological polar surface area (TPSA) is 99.3 Å². The molecule has 0 bridgehead atoms. The average molecular weight is 441 g/mol. The van der Waals surface area contributed by atoms with Crippen LogP contribution in [0.5, 0.6) is 0 Å². The number of anilines is 2. The second kappa shape index (κ2) is 10.1. The van der Waals surface area contributed by atoms with E-state index < -0.39 is 0 Å². The highest BCUT2D eigenvalue weighted by Crippen LogP contribution is 2.30. The number of hydrogen-bond donors (Lipinski definition) is 3. The van der Waals surface area contributed by atoms with Crippen molar-refractivity contribution in [1.29, 1.82) is 5.41 Å². The molecule has 3 aromatic carbocycles. The molecule has 0 saturated carbocycles. The summed E-state index contributed by atoms with van der Waals surface area (Å²) >= 11 is 0. The fourth-order valence-corrected chi connectivity index (χ4v) is 4.16. The van der Waals surface area contributed by atoms with Crippen LogP contribution < -0.4 is 16.0 Å². The molecule has 4 rings (SSSR count). The number of rotatable bonds is 7. The third-order valence-corrected chi connectivity index (χ3v) is 5.88. The Morgan fingerprint density at radius 2 is 1.73 bits per heavy atom. The number of fused-ring (bicyclic) bond motifs is 1. The molecule has 168 valence electrons. The molecular formula is C27H28N4O2. The highest BCUT2D eigenvalue weighted by atomic mass is 16.2. The van der Waals surface area contributed by atoms with Crippen LogP contribution >= 0.6 is 0 Å². The molecule has 2 amide bonds. The van der Waals surface area contributed by atoms with Gasteiger partial charge in [0.2, 0.25) is 11.8 Å². The number of carbonyl (C=O) groups excluding carboxylic acids is 2. The van der Waals surface area contributed by atoms with Crippen LogP contribution in [0.3, 0.4) is 0 Å². The standard InChI is InChI=1S/C27H28N4O2/c28-27(29)21-11-8-19(9-12-21)10-15-26(33)31-16-4-7-22-18-23(13-14-24(22)31)30-25(32)17-20-5-2-1-3-6-20/h1-3,5-6,8-9,11-14,18H,4,7,10,15-17H2,(H3,28,29)(H,30,32). The van der Waals surface area contributed by atoms with Gasteiger partial charge in [-0.1, -0.05) is 54.6 Å². The third kappa shape index (κ3) is 5.66. The quantitative estimate of drug-likeness (QED) is 0.381. The van der Waals surface area contributed by atoms with E-state index >= 15 is 0 Å². The largest absolute Gasteiger partial charge is 0.384 e. The molecule has 6 nitrogen and oxygen atoms in total. The van der Waals surface area contributed by atoms with Crippen LogP contribution in [0.2, 0.25) is 0 Å². The Labute approximate surface area is 193 Å². The van der Waals surface area contributed by atoms with Crippen molar-refractivity contribution in [2.24, 2.45) is 5.73 Å². The summed E-state index contributed by atoms with van der Waals surface area (Å²) < 4.78 is 0. The maximum Gasteiger partial charge on any atom is 0.228 e. The molecule has 0 atom stereocenters. The number of nitrogens with one attached hydrogen (secondary N) is 2. The number of amides is 2. The average Bonchev–Trinajstić information content (AvgIpc) is 2.82. The summed E-state index contributed by atoms with van der Waals surface area (Å²) in [5.74, 6) is 0.0753. The highest BCUT2D eigenvalue weighted by molar-refractivity contribution is 5.97. The Morgan fingerprint density at radius 1 is 0.970 bits per heavy atom. The van der Waals surface area contributed by atoms with Gasteiger partial charge in [0.25, 0.3) is 0 Å². The molecule has 3 aromatic rings. The van der Waals surface area contributed by atoms with Crippen molar-refractivity contribution >= 4 is 29.0 Å². The normalized spacial score (nSPS) is 12.7. The van der Waals surface area contributed by atoms with Crippen LogP contribution in [0.25, 0.3) is 0 Å². The van der Waals surface area contributed by atoms with Gasteiger partial charge < -0.3 is 16.0 Å². The Bertz CT molecular complexity index is 1160. The monoisotopic (exact) mass is 440 g/mol. The first-order chi connectivity index (χ1) is 16.0. The van der Waals surface area contributed by atoms with Gasteiger partial charge in [0.1, 0.15) is 5.84 Å². The van der Waals surface area contributed by atoms with Gasteiger partial charge >= 0.3 is 0 Å². The van der Waals surface area contributed by atoms with E-state index in [4.69, 9.17) is 11.1 Å². The Kier molecular flexibility index (Phi) is 6.83. The Morgan fingerprint density at radius 3 is 2.45 bits per heavy atom. The summed E-state index contributed by atoms with van der Waals surface area (Å²) in [6.45, 7) is 0.703. The lowest BCUT2D eigenvalue weighted by molar-refractivity contribution is -0.118. The van der Waals surface area contributed by atoms with Gasteiger partial charge in [-0.3, -0.25) is 15.0 Å². The molecule has 0 aliphatic carbocycles. The maximum absolute atomic E-state index is 13.0. The number of nitrogens with two attached hydrogens (primary N) is 1. The van der Waals surface area contributed by atoms with Crippen molar-refractivity contribution in [3.05, 3.63) is 95.1 Å². The van der Waals surface area contributed by atoms with E-state index in [9.17, 15) is 9.59 Å². The minimum absolute atomic E-state index is 0.0400. The van der Waals surface area contributed by atoms with Crippen molar-refractivity contribution in [2.75, 3.05) is 16.8 Å². The van der Waals surface area contributed by atoms with E-state index in [1.165, 1.54) is 0 Å². The van der Waals surface area contributed by atoms with Crippen molar-refractivity contribution < 1.29 is 9.59 Å². The molecule has 0 aromatic heterocycles. The van der Waals surface area contributed by atoms with E-state index in [2.05, 4.69) is 5.32 Å². The molecule has 0 unspecified atom stereocenters. The van der Waals surface area contributed by atoms with E-state index in [-0.39, 0.29) is 17.6 Å². The molecule has 0 spiro atoms. The number of nitrogens with zero attached hydrogens (tertiary/aromatic N) is 1. The fourth-order valence-electron chi connectivity index (χ4n) is 4.16. The predicted molar refractivity (Wildman–Crippen MR) is 132 cm³/mol. The van der Waals surface area contributed by atoms with Crippen LogP contribution in [0, 0.1) is 5.41 Å². The predicted octanol–water partition coefficient (Wildman–Crippen LogP) is 4.06. The molecule has 1 aliphatic rings. The van der Waals surface area contributed by atoms with Crippen LogP contribution in [0.4, 0.5) is 11.4 Å². The summed E-state index contributed by atoms with van der Waals surface area (Å²) in [5.41, 5.74) is 11.0. The highest BCUT2D eigenvalue weighted by Gasteiger charge is 2.22. The Hall–Kier alpha value is -3.93. The van der Waals surface area contributed by atoms with Gasteiger partial charge in [0.15, 0.2) is 0 Å². The summed E-state index contributed by atoms with van der Waals surface area (Å²) in [6.07, 6.45) is 3.16. The first kappa shape index (κ1) is 22.3. The van der Waals surface area contributed by atoms with Crippen molar-refractivity contribution in [1.82, 2.24) is 0 Å². The first-order valence-corrected chi connectivity index (χ1v) is 11.2. The number of amidine groups is 1. The van der Waals surface area contributed by atoms with Crippen molar-refractivity contribution in [3.63, 3.8) is 0 Å². The summed E-state index contributed by atoms with van der Waals surface area (Å²) in [7, 11) is 0. The van der Waals surface area contributed by atoms with Crippen molar-refractivity contribution in [2.45, 2.75) is 32.1 Å². The number of nitrogen functional groups attached to an aromatic ring is 1. The Balaban J connectivity index is 1.38. The number of aryl methyl sites for hydroxylation is 2. The third-order valence-electron chi connectivity index (χ3n) is 5.88. The SMILES string of the molecule is N=C(N)c1ccc(CCC(=O)N2CCCc3cc(NC(=O)Cc4ccccc4)ccc32)cc1. The van der Waals surface area contributed by atoms with Crippen LogP contribution in [0.1, 0.15) is 35.1 Å². The zero-order valence-electron chi connectivity index (χ0n) is 18.5. The molecule has 1 heterocycles. The van der Waals surface area contributed by atoms with Crippen LogP contribution in [0.15, 0.2) is 72.8 Å². The van der Waals surface area contributed by atoms with Gasteiger partial charge in [-0.05, 0) is 54.2 Å². The van der Waals surface area contributed by atoms with Gasteiger partial charge in [-0.15, -0.1) is 0 Å². The lowest BCUT2D eigenvalue weighted by atomic mass is 9.99. The van der Waals surface area contributed by atoms with E-state index in [1.54, 1.807) is 0 Å². The molecule has 6 heteroatoms. The van der Waals surface area contributed by atoms with Crippen LogP contribution in [-0.4, -0.2) is 24.2 Å². The molecule has 4 N–H and O–H groups in total.